The fourth-order valence-corrected chi connectivity index (χ4v) is 7.29. The van der Waals surface area contributed by atoms with Crippen molar-refractivity contribution < 1.29 is 14.0 Å². The van der Waals surface area contributed by atoms with Gasteiger partial charge in [0.15, 0.2) is 11.6 Å². The summed E-state index contributed by atoms with van der Waals surface area (Å²) in [5.74, 6) is -1.11. The Balaban J connectivity index is 1.50. The Morgan fingerprint density at radius 1 is 0.400 bits per heavy atom. The third kappa shape index (κ3) is 4.66. The number of carbonyl (C=O) groups excluding carboxylic acids is 2. The summed E-state index contributed by atoms with van der Waals surface area (Å²) < 4.78 is 14.0. The van der Waals surface area contributed by atoms with E-state index in [2.05, 4.69) is 0 Å². The molecule has 0 bridgehead atoms. The molecular formula is C43H29FN4O2. The molecule has 240 valence electrons. The summed E-state index contributed by atoms with van der Waals surface area (Å²) in [5.41, 5.74) is 0.489. The Hall–Kier alpha value is -6.60. The van der Waals surface area contributed by atoms with Gasteiger partial charge in [-0.15, -0.1) is 0 Å². The molecule has 7 aromatic rings. The van der Waals surface area contributed by atoms with Gasteiger partial charge in [-0.3, -0.25) is 9.59 Å². The Bertz CT molecular complexity index is 2120. The minimum Gasteiger partial charge on any atom is -0.272 e. The molecule has 6 nitrogen and oxygen atoms in total. The molecule has 0 atom stereocenters. The monoisotopic (exact) mass is 652 g/mol. The van der Waals surface area contributed by atoms with Crippen LogP contribution in [0.15, 0.2) is 176 Å². The SMILES string of the molecule is O=C1N(c2nc(-c3ccccc3)nc(-c3ccc(F)cc3)n2)C(=O)C(c2ccccc2)(c2ccccc2)C1(c1ccccc1)c1ccccc1. The molecule has 0 aliphatic carbocycles. The largest absolute Gasteiger partial charge is 0.272 e. The van der Waals surface area contributed by atoms with Gasteiger partial charge in [0.25, 0.3) is 11.8 Å². The standard InChI is InChI=1S/C43H29FN4O2/c44-36-28-26-31(27-29-36)38-45-37(30-16-6-1-7-17-30)46-41(47-38)48-39(49)42(32-18-8-2-9-19-32,33-20-10-3-11-21-33)43(40(48)50,34-22-12-4-13-23-34)35-24-14-5-15-25-35/h1-29H. The molecule has 0 unspecified atom stereocenters. The van der Waals surface area contributed by atoms with E-state index in [-0.39, 0.29) is 17.6 Å². The fourth-order valence-electron chi connectivity index (χ4n) is 7.29. The topological polar surface area (TPSA) is 76.1 Å². The summed E-state index contributed by atoms with van der Waals surface area (Å²) in [6, 6.07) is 52.8. The number of halogens is 1. The second kappa shape index (κ2) is 12.5. The summed E-state index contributed by atoms with van der Waals surface area (Å²) in [7, 11) is 0. The summed E-state index contributed by atoms with van der Waals surface area (Å²) in [6.07, 6.45) is 0. The highest BCUT2D eigenvalue weighted by atomic mass is 19.1. The zero-order valence-electron chi connectivity index (χ0n) is 26.7. The molecule has 6 aromatic carbocycles. The first-order valence-electron chi connectivity index (χ1n) is 16.2. The van der Waals surface area contributed by atoms with Crippen molar-refractivity contribution in [3.63, 3.8) is 0 Å². The lowest BCUT2D eigenvalue weighted by molar-refractivity contribution is -0.122. The Morgan fingerprint density at radius 2 is 0.720 bits per heavy atom. The van der Waals surface area contributed by atoms with Gasteiger partial charge >= 0.3 is 0 Å². The lowest BCUT2D eigenvalue weighted by atomic mass is 9.53. The molecule has 1 aliphatic rings. The van der Waals surface area contributed by atoms with E-state index < -0.39 is 28.5 Å². The summed E-state index contributed by atoms with van der Waals surface area (Å²) in [5, 5.41) is 0. The molecule has 1 aliphatic heterocycles. The van der Waals surface area contributed by atoms with Gasteiger partial charge in [-0.25, -0.2) is 14.3 Å². The second-order valence-electron chi connectivity index (χ2n) is 12.1. The Morgan fingerprint density at radius 3 is 1.08 bits per heavy atom. The third-order valence-electron chi connectivity index (χ3n) is 9.40. The Labute approximate surface area is 288 Å². The number of carbonyl (C=O) groups is 2. The predicted octanol–water partition coefficient (Wildman–Crippen LogP) is 8.19. The van der Waals surface area contributed by atoms with Crippen LogP contribution in [0, 0.1) is 5.82 Å². The summed E-state index contributed by atoms with van der Waals surface area (Å²) in [4.78, 5) is 47.3. The highest BCUT2D eigenvalue weighted by Crippen LogP contribution is 2.59. The van der Waals surface area contributed by atoms with E-state index in [0.29, 0.717) is 33.4 Å². The molecule has 2 amide bonds. The van der Waals surface area contributed by atoms with Crippen molar-refractivity contribution in [1.29, 1.82) is 0 Å². The lowest BCUT2D eigenvalue weighted by Crippen LogP contribution is -2.53. The number of nitrogens with zero attached hydrogens (tertiary/aromatic N) is 4. The zero-order valence-corrected chi connectivity index (χ0v) is 26.7. The molecule has 0 spiro atoms. The molecule has 0 N–H and O–H groups in total. The quantitative estimate of drug-likeness (QED) is 0.162. The van der Waals surface area contributed by atoms with Gasteiger partial charge in [0.2, 0.25) is 5.95 Å². The molecule has 50 heavy (non-hydrogen) atoms. The number of rotatable bonds is 7. The van der Waals surface area contributed by atoms with Crippen molar-refractivity contribution in [2.75, 3.05) is 4.90 Å². The van der Waals surface area contributed by atoms with Crippen molar-refractivity contribution >= 4 is 17.8 Å². The first kappa shape index (κ1) is 30.7. The van der Waals surface area contributed by atoms with Crippen LogP contribution in [0.3, 0.4) is 0 Å². The summed E-state index contributed by atoms with van der Waals surface area (Å²) in [6.45, 7) is 0. The van der Waals surface area contributed by atoms with Gasteiger partial charge in [-0.05, 0) is 46.5 Å². The van der Waals surface area contributed by atoms with Crippen molar-refractivity contribution in [3.8, 4) is 22.8 Å². The van der Waals surface area contributed by atoms with Gasteiger partial charge in [-0.1, -0.05) is 152 Å². The first-order chi connectivity index (χ1) is 24.5. The Kier molecular flexibility index (Phi) is 7.65. The van der Waals surface area contributed by atoms with Crippen LogP contribution in [0.5, 0.6) is 0 Å². The van der Waals surface area contributed by atoms with Crippen LogP contribution >= 0.6 is 0 Å². The van der Waals surface area contributed by atoms with Gasteiger partial charge in [0.05, 0.1) is 0 Å². The molecule has 8 rings (SSSR count). The maximum absolute atomic E-state index is 15.9. The van der Waals surface area contributed by atoms with Crippen LogP contribution in [0.4, 0.5) is 10.3 Å². The molecule has 7 heteroatoms. The normalized spacial score (nSPS) is 14.9. The van der Waals surface area contributed by atoms with E-state index >= 15 is 9.59 Å². The fraction of sp³-hybridized carbons (Fsp3) is 0.0465. The molecule has 1 aromatic heterocycles. The highest BCUT2D eigenvalue weighted by Gasteiger charge is 2.73. The van der Waals surface area contributed by atoms with Gasteiger partial charge in [0, 0.05) is 11.1 Å². The number of imide groups is 1. The van der Waals surface area contributed by atoms with E-state index in [4.69, 9.17) is 15.0 Å². The molecule has 1 saturated heterocycles. The van der Waals surface area contributed by atoms with Crippen LogP contribution < -0.4 is 4.90 Å². The van der Waals surface area contributed by atoms with Crippen LogP contribution in [0.25, 0.3) is 22.8 Å². The van der Waals surface area contributed by atoms with E-state index in [1.165, 1.54) is 12.1 Å². The van der Waals surface area contributed by atoms with Gasteiger partial charge in [0.1, 0.15) is 16.6 Å². The predicted molar refractivity (Wildman–Crippen MR) is 190 cm³/mol. The van der Waals surface area contributed by atoms with E-state index in [1.807, 2.05) is 152 Å². The first-order valence-corrected chi connectivity index (χ1v) is 16.2. The maximum atomic E-state index is 15.9. The number of aromatic nitrogens is 3. The smallest absolute Gasteiger partial charge is 0.253 e. The van der Waals surface area contributed by atoms with Crippen LogP contribution in [-0.2, 0) is 20.4 Å². The number of hydrogen-bond donors (Lipinski definition) is 0. The van der Waals surface area contributed by atoms with Crippen LogP contribution in [-0.4, -0.2) is 26.8 Å². The van der Waals surface area contributed by atoms with Crippen molar-refractivity contribution in [3.05, 3.63) is 204 Å². The number of amides is 2. The maximum Gasteiger partial charge on any atom is 0.253 e. The molecular weight excluding hydrogens is 623 g/mol. The van der Waals surface area contributed by atoms with E-state index in [9.17, 15) is 4.39 Å². The lowest BCUT2D eigenvalue weighted by Gasteiger charge is -2.43. The van der Waals surface area contributed by atoms with Gasteiger partial charge < -0.3 is 0 Å². The highest BCUT2D eigenvalue weighted by molar-refractivity contribution is 6.31. The number of benzene rings is 6. The zero-order chi connectivity index (χ0) is 34.1. The average Bonchev–Trinajstić information content (AvgIpc) is 3.40. The van der Waals surface area contributed by atoms with Gasteiger partial charge in [-0.2, -0.15) is 9.97 Å². The minimum atomic E-state index is -1.61. The van der Waals surface area contributed by atoms with Crippen molar-refractivity contribution in [2.45, 2.75) is 10.8 Å². The molecule has 0 radical (unpaired) electrons. The third-order valence-corrected chi connectivity index (χ3v) is 9.40. The van der Waals surface area contributed by atoms with Crippen molar-refractivity contribution in [2.24, 2.45) is 0 Å². The summed E-state index contributed by atoms with van der Waals surface area (Å²) >= 11 is 0. The molecule has 0 saturated carbocycles. The molecule has 1 fully saturated rings. The minimum absolute atomic E-state index is 0.127. The van der Waals surface area contributed by atoms with Crippen molar-refractivity contribution in [1.82, 2.24) is 15.0 Å². The number of hydrogen-bond acceptors (Lipinski definition) is 5. The van der Waals surface area contributed by atoms with E-state index in [0.717, 1.165) is 4.90 Å². The van der Waals surface area contributed by atoms with Crippen LogP contribution in [0.1, 0.15) is 22.3 Å². The average molecular weight is 653 g/mol. The number of anilines is 1. The second-order valence-corrected chi connectivity index (χ2v) is 12.1. The molecule has 2 heterocycles. The van der Waals surface area contributed by atoms with E-state index in [1.54, 1.807) is 12.1 Å². The van der Waals surface area contributed by atoms with Crippen LogP contribution in [0.2, 0.25) is 0 Å².